The number of rotatable bonds is 5. The molecule has 1 atom stereocenters. The standard InChI is InChI=1S/C15H26N4S/c1-5-6-16-14-9-12(11(2)3)17-15(18-14)13-10-20-8-7-19(13)4/h9,11,13H,5-8,10H2,1-4H3,(H,16,17,18). The third-order valence-corrected chi connectivity index (χ3v) is 4.63. The summed E-state index contributed by atoms with van der Waals surface area (Å²) in [6.45, 7) is 8.62. The Morgan fingerprint density at radius 2 is 2.25 bits per heavy atom. The average Bonchev–Trinajstić information content (AvgIpc) is 2.45. The van der Waals surface area contributed by atoms with E-state index >= 15 is 0 Å². The van der Waals surface area contributed by atoms with Crippen LogP contribution in [0.2, 0.25) is 0 Å². The molecule has 0 radical (unpaired) electrons. The van der Waals surface area contributed by atoms with E-state index in [-0.39, 0.29) is 0 Å². The predicted octanol–water partition coefficient (Wildman–Crippen LogP) is 3.14. The minimum atomic E-state index is 0.342. The number of hydrogen-bond donors (Lipinski definition) is 1. The van der Waals surface area contributed by atoms with E-state index < -0.39 is 0 Å². The fourth-order valence-corrected chi connectivity index (χ4v) is 3.44. The van der Waals surface area contributed by atoms with Crippen molar-refractivity contribution in [3.63, 3.8) is 0 Å². The van der Waals surface area contributed by atoms with E-state index in [9.17, 15) is 0 Å². The van der Waals surface area contributed by atoms with Crippen molar-refractivity contribution in [3.8, 4) is 0 Å². The zero-order valence-corrected chi connectivity index (χ0v) is 13.8. The maximum atomic E-state index is 4.81. The Hall–Kier alpha value is -0.810. The van der Waals surface area contributed by atoms with Crippen LogP contribution in [-0.4, -0.2) is 46.5 Å². The Balaban J connectivity index is 2.27. The largest absolute Gasteiger partial charge is 0.370 e. The summed E-state index contributed by atoms with van der Waals surface area (Å²) in [5.74, 6) is 4.68. The van der Waals surface area contributed by atoms with Crippen LogP contribution in [0.25, 0.3) is 0 Å². The first kappa shape index (κ1) is 15.6. The van der Waals surface area contributed by atoms with Gasteiger partial charge in [0.15, 0.2) is 0 Å². The second-order valence-corrected chi connectivity index (χ2v) is 6.84. The van der Waals surface area contributed by atoms with Crippen molar-refractivity contribution in [1.29, 1.82) is 0 Å². The van der Waals surface area contributed by atoms with Crippen LogP contribution in [0.4, 0.5) is 5.82 Å². The van der Waals surface area contributed by atoms with Gasteiger partial charge < -0.3 is 5.32 Å². The Bertz CT molecular complexity index is 436. The molecule has 0 saturated carbocycles. The van der Waals surface area contributed by atoms with Crippen LogP contribution in [0, 0.1) is 0 Å². The number of aromatic nitrogens is 2. The molecule has 2 heterocycles. The van der Waals surface area contributed by atoms with Crippen LogP contribution in [0.5, 0.6) is 0 Å². The molecule has 0 bridgehead atoms. The molecule has 1 aromatic heterocycles. The lowest BCUT2D eigenvalue weighted by Gasteiger charge is -2.31. The third kappa shape index (κ3) is 3.85. The first-order valence-electron chi connectivity index (χ1n) is 7.52. The molecule has 112 valence electrons. The Morgan fingerprint density at radius 1 is 1.45 bits per heavy atom. The van der Waals surface area contributed by atoms with Gasteiger partial charge in [0.2, 0.25) is 0 Å². The zero-order valence-electron chi connectivity index (χ0n) is 13.0. The minimum absolute atomic E-state index is 0.342. The van der Waals surface area contributed by atoms with Crippen molar-refractivity contribution >= 4 is 17.6 Å². The van der Waals surface area contributed by atoms with Crippen molar-refractivity contribution in [2.45, 2.75) is 39.2 Å². The second-order valence-electron chi connectivity index (χ2n) is 5.69. The highest BCUT2D eigenvalue weighted by molar-refractivity contribution is 7.99. The van der Waals surface area contributed by atoms with E-state index in [4.69, 9.17) is 9.97 Å². The molecule has 1 N–H and O–H groups in total. The number of anilines is 1. The summed E-state index contributed by atoms with van der Waals surface area (Å²) in [4.78, 5) is 11.9. The third-order valence-electron chi connectivity index (χ3n) is 3.61. The molecule has 1 aromatic rings. The molecular formula is C15H26N4S. The lowest BCUT2D eigenvalue weighted by atomic mass is 10.1. The van der Waals surface area contributed by atoms with Gasteiger partial charge in [0.05, 0.1) is 6.04 Å². The fourth-order valence-electron chi connectivity index (χ4n) is 2.23. The van der Waals surface area contributed by atoms with E-state index in [1.165, 1.54) is 5.75 Å². The van der Waals surface area contributed by atoms with Gasteiger partial charge in [-0.15, -0.1) is 0 Å². The van der Waals surface area contributed by atoms with Gasteiger partial charge in [0.25, 0.3) is 0 Å². The molecule has 5 heteroatoms. The molecule has 0 aromatic carbocycles. The number of hydrogen-bond acceptors (Lipinski definition) is 5. The highest BCUT2D eigenvalue weighted by Crippen LogP contribution is 2.28. The Labute approximate surface area is 126 Å². The van der Waals surface area contributed by atoms with Crippen molar-refractivity contribution in [1.82, 2.24) is 14.9 Å². The van der Waals surface area contributed by atoms with Crippen LogP contribution in [0.1, 0.15) is 50.7 Å². The molecular weight excluding hydrogens is 268 g/mol. The van der Waals surface area contributed by atoms with E-state index in [0.717, 1.165) is 42.6 Å². The van der Waals surface area contributed by atoms with E-state index in [1.807, 2.05) is 11.8 Å². The quantitative estimate of drug-likeness (QED) is 0.903. The monoisotopic (exact) mass is 294 g/mol. The first-order valence-corrected chi connectivity index (χ1v) is 8.68. The number of nitrogens with one attached hydrogen (secondary N) is 1. The summed E-state index contributed by atoms with van der Waals surface area (Å²) in [7, 11) is 2.18. The Morgan fingerprint density at radius 3 is 2.90 bits per heavy atom. The van der Waals surface area contributed by atoms with Gasteiger partial charge in [-0.2, -0.15) is 11.8 Å². The summed E-state index contributed by atoms with van der Waals surface area (Å²) in [6.07, 6.45) is 1.11. The van der Waals surface area contributed by atoms with Gasteiger partial charge in [0.1, 0.15) is 11.6 Å². The van der Waals surface area contributed by atoms with Gasteiger partial charge >= 0.3 is 0 Å². The van der Waals surface area contributed by atoms with Crippen LogP contribution in [0.15, 0.2) is 6.07 Å². The van der Waals surface area contributed by atoms with Gasteiger partial charge in [-0.3, -0.25) is 4.90 Å². The molecule has 1 saturated heterocycles. The lowest BCUT2D eigenvalue weighted by molar-refractivity contribution is 0.264. The predicted molar refractivity (Wildman–Crippen MR) is 87.6 cm³/mol. The van der Waals surface area contributed by atoms with Gasteiger partial charge in [-0.05, 0) is 19.4 Å². The summed E-state index contributed by atoms with van der Waals surface area (Å²) in [5.41, 5.74) is 1.14. The molecule has 1 aliphatic rings. The molecule has 20 heavy (non-hydrogen) atoms. The van der Waals surface area contributed by atoms with Crippen molar-refractivity contribution in [2.24, 2.45) is 0 Å². The molecule has 2 rings (SSSR count). The zero-order chi connectivity index (χ0) is 14.5. The molecule has 0 amide bonds. The number of nitrogens with zero attached hydrogens (tertiary/aromatic N) is 3. The summed E-state index contributed by atoms with van der Waals surface area (Å²) in [5, 5.41) is 3.41. The SMILES string of the molecule is CCCNc1cc(C(C)C)nc(C2CSCCN2C)n1. The van der Waals surface area contributed by atoms with Crippen LogP contribution in [0.3, 0.4) is 0 Å². The highest BCUT2D eigenvalue weighted by atomic mass is 32.2. The fraction of sp³-hybridized carbons (Fsp3) is 0.733. The van der Waals surface area contributed by atoms with Gasteiger partial charge in [-0.1, -0.05) is 20.8 Å². The van der Waals surface area contributed by atoms with Crippen LogP contribution < -0.4 is 5.32 Å². The van der Waals surface area contributed by atoms with Gasteiger partial charge in [-0.25, -0.2) is 9.97 Å². The maximum Gasteiger partial charge on any atom is 0.148 e. The lowest BCUT2D eigenvalue weighted by Crippen LogP contribution is -2.34. The summed E-state index contributed by atoms with van der Waals surface area (Å²) in [6, 6.07) is 2.44. The normalized spacial score (nSPS) is 20.4. The van der Waals surface area contributed by atoms with E-state index in [0.29, 0.717) is 12.0 Å². The Kier molecular flexibility index (Phi) is 5.66. The van der Waals surface area contributed by atoms with E-state index in [2.05, 4.69) is 44.1 Å². The number of thioether (sulfide) groups is 1. The van der Waals surface area contributed by atoms with E-state index in [1.54, 1.807) is 0 Å². The smallest absolute Gasteiger partial charge is 0.148 e. The second kappa shape index (κ2) is 7.27. The summed E-state index contributed by atoms with van der Waals surface area (Å²) < 4.78 is 0. The average molecular weight is 294 g/mol. The molecule has 0 aliphatic carbocycles. The van der Waals surface area contributed by atoms with Crippen molar-refractivity contribution in [3.05, 3.63) is 17.6 Å². The van der Waals surface area contributed by atoms with Crippen LogP contribution in [-0.2, 0) is 0 Å². The van der Waals surface area contributed by atoms with Crippen LogP contribution >= 0.6 is 11.8 Å². The maximum absolute atomic E-state index is 4.81. The van der Waals surface area contributed by atoms with Crippen molar-refractivity contribution < 1.29 is 0 Å². The minimum Gasteiger partial charge on any atom is -0.370 e. The van der Waals surface area contributed by atoms with Gasteiger partial charge in [0, 0.05) is 36.4 Å². The molecule has 4 nitrogen and oxygen atoms in total. The first-order chi connectivity index (χ1) is 9.61. The molecule has 1 unspecified atom stereocenters. The topological polar surface area (TPSA) is 41.1 Å². The molecule has 1 aliphatic heterocycles. The molecule has 0 spiro atoms. The highest BCUT2D eigenvalue weighted by Gasteiger charge is 2.24. The molecule has 1 fully saturated rings. The van der Waals surface area contributed by atoms with Crippen molar-refractivity contribution in [2.75, 3.05) is 37.0 Å². The summed E-state index contributed by atoms with van der Waals surface area (Å²) >= 11 is 2.00.